The summed E-state index contributed by atoms with van der Waals surface area (Å²) in [6.45, 7) is 10.4. The molecule has 0 aliphatic carbocycles. The van der Waals surface area contributed by atoms with Gasteiger partial charge in [0.25, 0.3) is 0 Å². The zero-order chi connectivity index (χ0) is 12.8. The Morgan fingerprint density at radius 2 is 2.06 bits per heavy atom. The van der Waals surface area contributed by atoms with E-state index in [4.69, 9.17) is 0 Å². The second-order valence-corrected chi connectivity index (χ2v) is 4.65. The first kappa shape index (κ1) is 13.9. The van der Waals surface area contributed by atoms with Crippen molar-refractivity contribution in [3.8, 4) is 0 Å². The number of nitrogens with one attached hydrogen (secondary N) is 1. The quantitative estimate of drug-likeness (QED) is 0.821. The summed E-state index contributed by atoms with van der Waals surface area (Å²) < 4.78 is 0. The molecule has 17 heavy (non-hydrogen) atoms. The van der Waals surface area contributed by atoms with Crippen molar-refractivity contribution in [3.63, 3.8) is 0 Å². The largest absolute Gasteiger partial charge is 0.369 e. The van der Waals surface area contributed by atoms with E-state index in [-0.39, 0.29) is 0 Å². The second-order valence-electron chi connectivity index (χ2n) is 4.65. The average molecular weight is 236 g/mol. The highest BCUT2D eigenvalue weighted by atomic mass is 15.1. The fraction of sp³-hybridized carbons (Fsp3) is 0.692. The van der Waals surface area contributed by atoms with E-state index in [1.165, 1.54) is 0 Å². The molecule has 4 nitrogen and oxygen atoms in total. The van der Waals surface area contributed by atoms with Crippen LogP contribution in [0, 0.1) is 6.92 Å². The third-order valence-electron chi connectivity index (χ3n) is 2.91. The van der Waals surface area contributed by atoms with E-state index in [1.807, 2.05) is 13.0 Å². The van der Waals surface area contributed by atoms with Gasteiger partial charge in [0.2, 0.25) is 0 Å². The Hall–Kier alpha value is -1.16. The molecule has 0 spiro atoms. The normalized spacial score (nSPS) is 11.2. The number of rotatable bonds is 6. The molecule has 0 bridgehead atoms. The van der Waals surface area contributed by atoms with Crippen molar-refractivity contribution in [2.75, 3.05) is 25.5 Å². The van der Waals surface area contributed by atoms with Gasteiger partial charge in [0.05, 0.1) is 0 Å². The molecule has 0 aliphatic heterocycles. The van der Waals surface area contributed by atoms with Crippen molar-refractivity contribution in [2.45, 2.75) is 40.2 Å². The van der Waals surface area contributed by atoms with Crippen molar-refractivity contribution in [1.29, 1.82) is 0 Å². The van der Waals surface area contributed by atoms with Crippen LogP contribution < -0.4 is 5.32 Å². The van der Waals surface area contributed by atoms with Crippen molar-refractivity contribution in [3.05, 3.63) is 17.6 Å². The molecule has 1 rings (SSSR count). The highest BCUT2D eigenvalue weighted by Gasteiger charge is 2.03. The highest BCUT2D eigenvalue weighted by molar-refractivity contribution is 5.35. The Bertz CT molecular complexity index is 349. The summed E-state index contributed by atoms with van der Waals surface area (Å²) in [5, 5.41) is 3.35. The Kier molecular flexibility index (Phi) is 5.35. The zero-order valence-electron chi connectivity index (χ0n) is 11.6. The standard InChI is InChI=1S/C13H24N4/c1-6-12-9-13(16-11(4)15-12)14-7-8-17(5)10(2)3/h9-10H,6-8H2,1-5H3,(H,14,15,16). The monoisotopic (exact) mass is 236 g/mol. The SMILES string of the molecule is CCc1cc(NCCN(C)C(C)C)nc(C)n1. The molecule has 0 aliphatic rings. The maximum atomic E-state index is 4.38. The summed E-state index contributed by atoms with van der Waals surface area (Å²) in [7, 11) is 2.13. The lowest BCUT2D eigenvalue weighted by atomic mass is 10.3. The molecular formula is C13H24N4. The number of hydrogen-bond donors (Lipinski definition) is 1. The van der Waals surface area contributed by atoms with Crippen molar-refractivity contribution in [2.24, 2.45) is 0 Å². The van der Waals surface area contributed by atoms with Crippen LogP contribution in [0.25, 0.3) is 0 Å². The van der Waals surface area contributed by atoms with E-state index < -0.39 is 0 Å². The summed E-state index contributed by atoms with van der Waals surface area (Å²) >= 11 is 0. The fourth-order valence-electron chi connectivity index (χ4n) is 1.52. The molecule has 96 valence electrons. The molecule has 0 amide bonds. The molecule has 1 aromatic rings. The maximum Gasteiger partial charge on any atom is 0.129 e. The van der Waals surface area contributed by atoms with E-state index >= 15 is 0 Å². The Labute approximate surface area is 104 Å². The van der Waals surface area contributed by atoms with Gasteiger partial charge >= 0.3 is 0 Å². The van der Waals surface area contributed by atoms with Crippen LogP contribution in [0.5, 0.6) is 0 Å². The lowest BCUT2D eigenvalue weighted by Gasteiger charge is -2.21. The topological polar surface area (TPSA) is 41.0 Å². The zero-order valence-corrected chi connectivity index (χ0v) is 11.6. The molecule has 0 atom stereocenters. The molecule has 0 saturated heterocycles. The minimum Gasteiger partial charge on any atom is -0.369 e. The molecule has 0 unspecified atom stereocenters. The molecule has 1 N–H and O–H groups in total. The Morgan fingerprint density at radius 1 is 1.35 bits per heavy atom. The lowest BCUT2D eigenvalue weighted by molar-refractivity contribution is 0.284. The molecular weight excluding hydrogens is 212 g/mol. The minimum absolute atomic E-state index is 0.579. The first-order valence-corrected chi connectivity index (χ1v) is 6.31. The van der Waals surface area contributed by atoms with Crippen LogP contribution in [-0.4, -0.2) is 41.0 Å². The lowest BCUT2D eigenvalue weighted by Crippen LogP contribution is -2.31. The second kappa shape index (κ2) is 6.55. The molecule has 4 heteroatoms. The van der Waals surface area contributed by atoms with Crippen molar-refractivity contribution >= 4 is 5.82 Å². The van der Waals surface area contributed by atoms with E-state index in [1.54, 1.807) is 0 Å². The van der Waals surface area contributed by atoms with Crippen LogP contribution in [0.1, 0.15) is 32.3 Å². The average Bonchev–Trinajstić information content (AvgIpc) is 2.27. The summed E-state index contributed by atoms with van der Waals surface area (Å²) in [6, 6.07) is 2.61. The third-order valence-corrected chi connectivity index (χ3v) is 2.91. The number of aryl methyl sites for hydroxylation is 2. The molecule has 0 saturated carbocycles. The summed E-state index contributed by atoms with van der Waals surface area (Å²) in [4.78, 5) is 11.1. The summed E-state index contributed by atoms with van der Waals surface area (Å²) in [5.41, 5.74) is 1.09. The Balaban J connectivity index is 2.49. The number of aromatic nitrogens is 2. The van der Waals surface area contributed by atoms with Crippen LogP contribution in [-0.2, 0) is 6.42 Å². The van der Waals surface area contributed by atoms with Gasteiger partial charge in [-0.1, -0.05) is 6.92 Å². The molecule has 1 heterocycles. The molecule has 0 aromatic carbocycles. The van der Waals surface area contributed by atoms with Gasteiger partial charge < -0.3 is 10.2 Å². The van der Waals surface area contributed by atoms with Crippen LogP contribution in [0.3, 0.4) is 0 Å². The van der Waals surface area contributed by atoms with Gasteiger partial charge in [-0.05, 0) is 34.2 Å². The maximum absolute atomic E-state index is 4.38. The van der Waals surface area contributed by atoms with Gasteiger partial charge in [-0.3, -0.25) is 0 Å². The predicted molar refractivity (Wildman–Crippen MR) is 72.4 cm³/mol. The minimum atomic E-state index is 0.579. The number of nitrogens with zero attached hydrogens (tertiary/aromatic N) is 3. The molecule has 0 radical (unpaired) electrons. The van der Waals surface area contributed by atoms with Crippen LogP contribution in [0.15, 0.2) is 6.07 Å². The van der Waals surface area contributed by atoms with E-state index in [0.717, 1.165) is 36.8 Å². The predicted octanol–water partition coefficient (Wildman–Crippen LogP) is 2.10. The third kappa shape index (κ3) is 4.69. The van der Waals surface area contributed by atoms with E-state index in [0.29, 0.717) is 6.04 Å². The smallest absolute Gasteiger partial charge is 0.129 e. The van der Waals surface area contributed by atoms with Crippen molar-refractivity contribution in [1.82, 2.24) is 14.9 Å². The van der Waals surface area contributed by atoms with Gasteiger partial charge in [0.15, 0.2) is 0 Å². The first-order chi connectivity index (χ1) is 8.02. The summed E-state index contributed by atoms with van der Waals surface area (Å²) in [6.07, 6.45) is 0.948. The van der Waals surface area contributed by atoms with Gasteiger partial charge in [0, 0.05) is 30.9 Å². The molecule has 0 fully saturated rings. The summed E-state index contributed by atoms with van der Waals surface area (Å²) in [5.74, 6) is 1.77. The number of hydrogen-bond acceptors (Lipinski definition) is 4. The van der Waals surface area contributed by atoms with Crippen LogP contribution in [0.4, 0.5) is 5.82 Å². The van der Waals surface area contributed by atoms with Crippen molar-refractivity contribution < 1.29 is 0 Å². The Morgan fingerprint density at radius 3 is 2.65 bits per heavy atom. The van der Waals surface area contributed by atoms with Gasteiger partial charge in [-0.15, -0.1) is 0 Å². The van der Waals surface area contributed by atoms with Gasteiger partial charge in [0.1, 0.15) is 11.6 Å². The van der Waals surface area contributed by atoms with E-state index in [9.17, 15) is 0 Å². The van der Waals surface area contributed by atoms with Crippen LogP contribution in [0.2, 0.25) is 0 Å². The number of likely N-dealkylation sites (N-methyl/N-ethyl adjacent to an activating group) is 1. The van der Waals surface area contributed by atoms with Gasteiger partial charge in [-0.25, -0.2) is 9.97 Å². The fourth-order valence-corrected chi connectivity index (χ4v) is 1.52. The molecule has 1 aromatic heterocycles. The first-order valence-electron chi connectivity index (χ1n) is 6.31. The van der Waals surface area contributed by atoms with Crippen LogP contribution >= 0.6 is 0 Å². The van der Waals surface area contributed by atoms with E-state index in [2.05, 4.69) is 48.0 Å². The van der Waals surface area contributed by atoms with Gasteiger partial charge in [-0.2, -0.15) is 0 Å². The highest BCUT2D eigenvalue weighted by Crippen LogP contribution is 2.06. The number of anilines is 1.